The molecule has 0 bridgehead atoms. The number of H-pyrrole nitrogens is 1. The molecule has 10 heteroatoms. The lowest BCUT2D eigenvalue weighted by Crippen LogP contribution is -2.52. The number of halogens is 1. The largest absolute Gasteiger partial charge is 0.370 e. The number of nitrogens with two attached hydrogens (primary N) is 3. The predicted octanol–water partition coefficient (Wildman–Crippen LogP) is 2.25. The van der Waals surface area contributed by atoms with E-state index >= 15 is 0 Å². The summed E-state index contributed by atoms with van der Waals surface area (Å²) in [5.74, 6) is -1.92. The second-order valence-electron chi connectivity index (χ2n) is 8.56. The highest BCUT2D eigenvalue weighted by Crippen LogP contribution is 2.20. The summed E-state index contributed by atoms with van der Waals surface area (Å²) in [6, 6.07) is 13.2. The van der Waals surface area contributed by atoms with Crippen molar-refractivity contribution in [3.63, 3.8) is 0 Å². The number of carbonyl (C=O) groups excluding carboxylic acids is 3. The molecular weight excluding hydrogens is 463 g/mol. The molecule has 0 fully saturated rings. The number of fused-ring (bicyclic) bond motifs is 1. The highest BCUT2D eigenvalue weighted by Gasteiger charge is 2.34. The van der Waals surface area contributed by atoms with Gasteiger partial charge in [-0.25, -0.2) is 4.39 Å². The minimum absolute atomic E-state index is 0.0523. The zero-order valence-corrected chi connectivity index (χ0v) is 19.9. The lowest BCUT2D eigenvalue weighted by atomic mass is 10.0. The molecule has 0 aliphatic heterocycles. The Hall–Kier alpha value is -4.05. The van der Waals surface area contributed by atoms with Gasteiger partial charge in [-0.2, -0.15) is 0 Å². The van der Waals surface area contributed by atoms with Crippen LogP contribution in [0.15, 0.2) is 59.6 Å². The molecule has 3 rings (SSSR count). The predicted molar refractivity (Wildman–Crippen MR) is 137 cm³/mol. The molecule has 1 aromatic heterocycles. The van der Waals surface area contributed by atoms with Crippen molar-refractivity contribution in [2.24, 2.45) is 22.2 Å². The summed E-state index contributed by atoms with van der Waals surface area (Å²) >= 11 is 0. The Labute approximate surface area is 208 Å². The van der Waals surface area contributed by atoms with Crippen LogP contribution in [-0.4, -0.2) is 52.6 Å². The highest BCUT2D eigenvalue weighted by molar-refractivity contribution is 6.08. The summed E-state index contributed by atoms with van der Waals surface area (Å²) in [5.41, 5.74) is 18.6. The van der Waals surface area contributed by atoms with E-state index < -0.39 is 29.7 Å². The minimum atomic E-state index is -1.07. The third-order valence-corrected chi connectivity index (χ3v) is 5.85. The maximum absolute atomic E-state index is 13.6. The second kappa shape index (κ2) is 12.6. The maximum atomic E-state index is 13.6. The number of guanidine groups is 1. The quantitative estimate of drug-likeness (QED) is 0.131. The Balaban J connectivity index is 1.80. The number of aliphatic imine (C=N–C) groups is 1. The fraction of sp³-hybridized carbons (Fsp3) is 0.308. The van der Waals surface area contributed by atoms with E-state index in [1.54, 1.807) is 0 Å². The van der Waals surface area contributed by atoms with Gasteiger partial charge in [-0.05, 0) is 61.9 Å². The van der Waals surface area contributed by atoms with Gasteiger partial charge in [-0.15, -0.1) is 0 Å². The fourth-order valence-electron chi connectivity index (χ4n) is 4.00. The van der Waals surface area contributed by atoms with E-state index in [0.29, 0.717) is 36.5 Å². The molecule has 36 heavy (non-hydrogen) atoms. The molecule has 0 aliphatic rings. The molecule has 1 heterocycles. The zero-order valence-electron chi connectivity index (χ0n) is 19.9. The molecular formula is C26H31FN6O3. The van der Waals surface area contributed by atoms with E-state index in [1.165, 1.54) is 24.3 Å². The summed E-state index contributed by atoms with van der Waals surface area (Å²) in [4.78, 5) is 46.6. The molecule has 190 valence electrons. The molecule has 2 aromatic carbocycles. The molecule has 0 saturated carbocycles. The maximum Gasteiger partial charge on any atom is 0.277 e. The van der Waals surface area contributed by atoms with Gasteiger partial charge in [0.15, 0.2) is 5.96 Å². The SMILES string of the molecule is NC(N)=NCCC[C@@H](C=O)N(C(=O)c1cc2cc(F)ccc2[nH]1)C(=O)[C@H](N)CCCc1ccccc1. The van der Waals surface area contributed by atoms with E-state index in [4.69, 9.17) is 17.2 Å². The summed E-state index contributed by atoms with van der Waals surface area (Å²) in [6.45, 7) is 0.234. The van der Waals surface area contributed by atoms with E-state index in [9.17, 15) is 18.8 Å². The van der Waals surface area contributed by atoms with Gasteiger partial charge in [0.1, 0.15) is 17.8 Å². The van der Waals surface area contributed by atoms with Crippen molar-refractivity contribution in [3.05, 3.63) is 71.7 Å². The van der Waals surface area contributed by atoms with E-state index in [0.717, 1.165) is 16.9 Å². The molecule has 2 atom stereocenters. The summed E-state index contributed by atoms with van der Waals surface area (Å²) < 4.78 is 13.6. The van der Waals surface area contributed by atoms with Crippen molar-refractivity contribution in [3.8, 4) is 0 Å². The van der Waals surface area contributed by atoms with Gasteiger partial charge >= 0.3 is 0 Å². The van der Waals surface area contributed by atoms with Crippen LogP contribution in [0.2, 0.25) is 0 Å². The van der Waals surface area contributed by atoms with Crippen LogP contribution in [0.5, 0.6) is 0 Å². The van der Waals surface area contributed by atoms with Gasteiger partial charge in [0.2, 0.25) is 5.91 Å². The van der Waals surface area contributed by atoms with Crippen molar-refractivity contribution in [2.75, 3.05) is 6.54 Å². The standard InChI is InChI=1S/C26H31FN6O3/c27-19-11-12-22-18(14-19)15-23(32-22)25(36)33(20(16-34)9-5-13-31-26(29)30)24(35)21(28)10-4-8-17-6-2-1-3-7-17/h1-3,6-7,11-12,14-16,20-21,32H,4-5,8-10,13,28H2,(H4,29,30,31)/t20-,21+/m0/s1. The van der Waals surface area contributed by atoms with E-state index in [-0.39, 0.29) is 24.6 Å². The monoisotopic (exact) mass is 494 g/mol. The fourth-order valence-corrected chi connectivity index (χ4v) is 4.00. The van der Waals surface area contributed by atoms with Crippen LogP contribution in [0, 0.1) is 5.82 Å². The zero-order chi connectivity index (χ0) is 26.1. The van der Waals surface area contributed by atoms with Crippen molar-refractivity contribution in [1.29, 1.82) is 0 Å². The number of nitrogens with one attached hydrogen (secondary N) is 1. The Morgan fingerprint density at radius 1 is 1.06 bits per heavy atom. The molecule has 0 unspecified atom stereocenters. The summed E-state index contributed by atoms with van der Waals surface area (Å²) in [5, 5.41) is 0.466. The number of aldehydes is 1. The average molecular weight is 495 g/mol. The molecule has 2 amide bonds. The number of aromatic nitrogens is 1. The van der Waals surface area contributed by atoms with Gasteiger partial charge in [-0.3, -0.25) is 19.5 Å². The van der Waals surface area contributed by atoms with Crippen molar-refractivity contribution < 1.29 is 18.8 Å². The number of benzene rings is 2. The third kappa shape index (κ3) is 6.98. The number of hydrogen-bond acceptors (Lipinski definition) is 5. The Kier molecular flexibility index (Phi) is 9.29. The Bertz CT molecular complexity index is 1220. The Morgan fingerprint density at radius 2 is 1.81 bits per heavy atom. The van der Waals surface area contributed by atoms with Crippen LogP contribution in [0.1, 0.15) is 41.7 Å². The smallest absolute Gasteiger partial charge is 0.277 e. The first-order chi connectivity index (χ1) is 17.3. The van der Waals surface area contributed by atoms with Gasteiger partial charge < -0.3 is 27.0 Å². The lowest BCUT2D eigenvalue weighted by molar-refractivity contribution is -0.134. The molecule has 0 radical (unpaired) electrons. The van der Waals surface area contributed by atoms with Crippen LogP contribution >= 0.6 is 0 Å². The number of imide groups is 1. The number of hydrogen-bond donors (Lipinski definition) is 4. The lowest BCUT2D eigenvalue weighted by Gasteiger charge is -2.28. The van der Waals surface area contributed by atoms with Crippen molar-refractivity contribution in [1.82, 2.24) is 9.88 Å². The first kappa shape index (κ1) is 26.6. The van der Waals surface area contributed by atoms with Crippen molar-refractivity contribution >= 4 is 35.0 Å². The number of aryl methyl sites for hydroxylation is 1. The van der Waals surface area contributed by atoms with E-state index in [2.05, 4.69) is 9.98 Å². The third-order valence-electron chi connectivity index (χ3n) is 5.85. The van der Waals surface area contributed by atoms with Gasteiger partial charge in [0.25, 0.3) is 5.91 Å². The molecule has 9 nitrogen and oxygen atoms in total. The number of amides is 2. The first-order valence-corrected chi connectivity index (χ1v) is 11.8. The number of nitrogens with zero attached hydrogens (tertiary/aromatic N) is 2. The highest BCUT2D eigenvalue weighted by atomic mass is 19.1. The van der Waals surface area contributed by atoms with Gasteiger partial charge in [0, 0.05) is 17.4 Å². The van der Waals surface area contributed by atoms with Crippen LogP contribution in [0.4, 0.5) is 4.39 Å². The molecule has 7 N–H and O–H groups in total. The van der Waals surface area contributed by atoms with E-state index in [1.807, 2.05) is 30.3 Å². The number of carbonyl (C=O) groups is 3. The van der Waals surface area contributed by atoms with Crippen LogP contribution in [0.25, 0.3) is 10.9 Å². The molecule has 0 spiro atoms. The van der Waals surface area contributed by atoms with Crippen LogP contribution in [0.3, 0.4) is 0 Å². The van der Waals surface area contributed by atoms with Crippen molar-refractivity contribution in [2.45, 2.75) is 44.2 Å². The minimum Gasteiger partial charge on any atom is -0.370 e. The van der Waals surface area contributed by atoms with Crippen LogP contribution < -0.4 is 17.2 Å². The van der Waals surface area contributed by atoms with Gasteiger partial charge in [-0.1, -0.05) is 30.3 Å². The average Bonchev–Trinajstić information content (AvgIpc) is 3.29. The van der Waals surface area contributed by atoms with Crippen LogP contribution in [-0.2, 0) is 16.0 Å². The topological polar surface area (TPSA) is 161 Å². The normalized spacial score (nSPS) is 12.6. The summed E-state index contributed by atoms with van der Waals surface area (Å²) in [6.07, 6.45) is 2.74. The number of aromatic amines is 1. The van der Waals surface area contributed by atoms with Gasteiger partial charge in [0.05, 0.1) is 12.1 Å². The summed E-state index contributed by atoms with van der Waals surface area (Å²) in [7, 11) is 0. The Morgan fingerprint density at radius 3 is 2.50 bits per heavy atom. The molecule has 3 aromatic rings. The molecule has 0 saturated heterocycles. The number of rotatable bonds is 12. The second-order valence-corrected chi connectivity index (χ2v) is 8.56. The molecule has 0 aliphatic carbocycles. The first-order valence-electron chi connectivity index (χ1n) is 11.8.